The number of pyridine rings is 2. The third kappa shape index (κ3) is 6.51. The Balaban J connectivity index is 0.000000203. The maximum Gasteiger partial charge on any atom is 0.274 e. The summed E-state index contributed by atoms with van der Waals surface area (Å²) in [6.07, 6.45) is 2.71. The van der Waals surface area contributed by atoms with E-state index in [1.54, 1.807) is 16.5 Å². The molecule has 13 nitrogen and oxygen atoms in total. The van der Waals surface area contributed by atoms with Gasteiger partial charge in [0.2, 0.25) is 5.43 Å². The molecule has 1 aliphatic heterocycles. The topological polar surface area (TPSA) is 171 Å². The molecule has 5 heterocycles. The minimum Gasteiger partial charge on any atom is -0.503 e. The Labute approximate surface area is 245 Å². The highest BCUT2D eigenvalue weighted by molar-refractivity contribution is 5.96. The van der Waals surface area contributed by atoms with Gasteiger partial charge in [0, 0.05) is 37.4 Å². The molecule has 5 rings (SSSR count). The molecule has 228 valence electrons. The number of nitrogens with zero attached hydrogens (tertiary/aromatic N) is 6. The van der Waals surface area contributed by atoms with E-state index in [1.165, 1.54) is 12.1 Å². The largest absolute Gasteiger partial charge is 0.503 e. The van der Waals surface area contributed by atoms with Crippen LogP contribution in [0.5, 0.6) is 5.75 Å². The van der Waals surface area contributed by atoms with E-state index in [9.17, 15) is 28.3 Å². The first-order valence-corrected chi connectivity index (χ1v) is 13.6. The lowest BCUT2D eigenvalue weighted by atomic mass is 10.1. The van der Waals surface area contributed by atoms with Gasteiger partial charge in [-0.25, -0.2) is 23.7 Å². The molecule has 0 saturated carbocycles. The molecule has 15 heteroatoms. The van der Waals surface area contributed by atoms with Crippen LogP contribution < -0.4 is 16.1 Å². The number of aromatic nitrogens is 6. The van der Waals surface area contributed by atoms with Crippen LogP contribution >= 0.6 is 0 Å². The fourth-order valence-electron chi connectivity index (χ4n) is 4.57. The summed E-state index contributed by atoms with van der Waals surface area (Å²) in [5.41, 5.74) is 0.930. The second kappa shape index (κ2) is 13.0. The van der Waals surface area contributed by atoms with Gasteiger partial charge in [-0.05, 0) is 32.9 Å². The minimum atomic E-state index is -0.695. The molecule has 0 radical (unpaired) electrons. The summed E-state index contributed by atoms with van der Waals surface area (Å²) in [7, 11) is 1.77. The van der Waals surface area contributed by atoms with Crippen LogP contribution in [0.2, 0.25) is 0 Å². The predicted molar refractivity (Wildman–Crippen MR) is 154 cm³/mol. The molecule has 1 unspecified atom stereocenters. The molecule has 1 atom stereocenters. The lowest BCUT2D eigenvalue weighted by Gasteiger charge is -2.34. The average Bonchev–Trinajstić information content (AvgIpc) is 3.38. The van der Waals surface area contributed by atoms with E-state index in [0.29, 0.717) is 42.6 Å². The Morgan fingerprint density at radius 3 is 2.51 bits per heavy atom. The number of carbonyl (C=O) groups excluding carboxylic acids is 2. The monoisotopic (exact) mass is 597 g/mol. The van der Waals surface area contributed by atoms with Crippen molar-refractivity contribution in [2.75, 3.05) is 18.9 Å². The molecule has 0 fully saturated rings. The Morgan fingerprint density at radius 2 is 1.86 bits per heavy atom. The SMILES string of the molecule is CC(C)C(C=O)Nc1nc(-c2[nH]nc3ncc(F)cc23)ncc1F.CNCc1cc(=O)c(O)c2n1CCN(C(C)C)C2=O. The molecular formula is C28H33F2N9O4. The van der Waals surface area contributed by atoms with E-state index < -0.39 is 28.9 Å². The normalized spacial score (nSPS) is 13.6. The van der Waals surface area contributed by atoms with Crippen LogP contribution in [0.15, 0.2) is 29.3 Å². The van der Waals surface area contributed by atoms with E-state index in [2.05, 4.69) is 35.8 Å². The quantitative estimate of drug-likeness (QED) is 0.221. The van der Waals surface area contributed by atoms with Gasteiger partial charge >= 0.3 is 0 Å². The number of aromatic amines is 1. The van der Waals surface area contributed by atoms with Gasteiger partial charge in [0.1, 0.15) is 17.8 Å². The number of rotatable bonds is 8. The van der Waals surface area contributed by atoms with Crippen molar-refractivity contribution in [3.63, 3.8) is 0 Å². The van der Waals surface area contributed by atoms with Gasteiger partial charge in [-0.2, -0.15) is 5.10 Å². The average molecular weight is 598 g/mol. The van der Waals surface area contributed by atoms with Crippen molar-refractivity contribution in [1.29, 1.82) is 0 Å². The van der Waals surface area contributed by atoms with Crippen LogP contribution in [-0.4, -0.2) is 77.6 Å². The van der Waals surface area contributed by atoms with Gasteiger partial charge in [0.15, 0.2) is 34.6 Å². The van der Waals surface area contributed by atoms with Crippen molar-refractivity contribution in [1.82, 2.24) is 39.9 Å². The molecule has 1 amide bonds. The molecule has 4 aromatic heterocycles. The number of carbonyl (C=O) groups is 2. The van der Waals surface area contributed by atoms with Gasteiger partial charge in [-0.1, -0.05) is 13.8 Å². The molecule has 4 N–H and O–H groups in total. The Hall–Kier alpha value is -4.79. The van der Waals surface area contributed by atoms with E-state index in [1.807, 2.05) is 27.7 Å². The second-order valence-electron chi connectivity index (χ2n) is 10.5. The molecule has 4 aromatic rings. The van der Waals surface area contributed by atoms with E-state index in [0.717, 1.165) is 18.1 Å². The van der Waals surface area contributed by atoms with Gasteiger partial charge in [0.25, 0.3) is 5.91 Å². The first-order chi connectivity index (χ1) is 20.5. The number of anilines is 1. The molecule has 0 spiro atoms. The Kier molecular flexibility index (Phi) is 9.43. The fourth-order valence-corrected chi connectivity index (χ4v) is 4.57. The number of aldehydes is 1. The summed E-state index contributed by atoms with van der Waals surface area (Å²) < 4.78 is 29.1. The summed E-state index contributed by atoms with van der Waals surface area (Å²) >= 11 is 0. The maximum atomic E-state index is 13.9. The van der Waals surface area contributed by atoms with Crippen LogP contribution in [0, 0.1) is 17.6 Å². The predicted octanol–water partition coefficient (Wildman–Crippen LogP) is 2.47. The lowest BCUT2D eigenvalue weighted by Crippen LogP contribution is -2.46. The summed E-state index contributed by atoms with van der Waals surface area (Å²) in [6.45, 7) is 9.14. The summed E-state index contributed by atoms with van der Waals surface area (Å²) in [5, 5.41) is 22.6. The van der Waals surface area contributed by atoms with Crippen LogP contribution in [0.1, 0.15) is 43.9 Å². The number of halogens is 2. The van der Waals surface area contributed by atoms with Crippen molar-refractivity contribution < 1.29 is 23.5 Å². The van der Waals surface area contributed by atoms with E-state index in [-0.39, 0.29) is 35.2 Å². The number of fused-ring (bicyclic) bond motifs is 2. The highest BCUT2D eigenvalue weighted by Crippen LogP contribution is 2.25. The molecule has 43 heavy (non-hydrogen) atoms. The summed E-state index contributed by atoms with van der Waals surface area (Å²) in [4.78, 5) is 48.7. The Morgan fingerprint density at radius 1 is 1.12 bits per heavy atom. The van der Waals surface area contributed by atoms with Gasteiger partial charge in [-0.15, -0.1) is 0 Å². The number of aromatic hydroxyl groups is 1. The molecule has 0 aliphatic carbocycles. The zero-order valence-electron chi connectivity index (χ0n) is 24.4. The smallest absolute Gasteiger partial charge is 0.274 e. The molecule has 0 saturated heterocycles. The highest BCUT2D eigenvalue weighted by Gasteiger charge is 2.31. The van der Waals surface area contributed by atoms with Gasteiger partial charge in [-0.3, -0.25) is 14.7 Å². The van der Waals surface area contributed by atoms with Gasteiger partial charge < -0.3 is 30.0 Å². The summed E-state index contributed by atoms with van der Waals surface area (Å²) in [6, 6.07) is 2.07. The zero-order chi connectivity index (χ0) is 31.4. The summed E-state index contributed by atoms with van der Waals surface area (Å²) in [5.74, 6) is -2.01. The van der Waals surface area contributed by atoms with Crippen molar-refractivity contribution in [2.45, 2.75) is 52.9 Å². The Bertz CT molecular complexity index is 1700. The van der Waals surface area contributed by atoms with Crippen molar-refractivity contribution in [3.8, 4) is 17.3 Å². The van der Waals surface area contributed by atoms with Crippen LogP contribution in [0.3, 0.4) is 0 Å². The standard InChI is InChI=1S/C15H14F2N6O.C13H19N3O3/c1-7(2)11(6-24)20-14-10(17)5-19-15(21-14)12-9-3-8(16)4-18-13(9)23-22-12;1-8(2)15-4-5-16-9(7-14-3)6-10(17)12(18)11(16)13(15)19/h3-7,11H,1-2H3,(H,18,22,23)(H,19,20,21);6,8,14,18H,4-5,7H2,1-3H3. The third-order valence-corrected chi connectivity index (χ3v) is 6.89. The van der Waals surface area contributed by atoms with Crippen molar-refractivity contribution >= 4 is 29.0 Å². The van der Waals surface area contributed by atoms with Crippen LogP contribution in [0.25, 0.3) is 22.6 Å². The molecule has 0 aromatic carbocycles. The molecule has 0 bridgehead atoms. The first kappa shape index (κ1) is 31.2. The lowest BCUT2D eigenvalue weighted by molar-refractivity contribution is -0.109. The van der Waals surface area contributed by atoms with Crippen molar-refractivity contribution in [2.24, 2.45) is 5.92 Å². The molecule has 1 aliphatic rings. The zero-order valence-corrected chi connectivity index (χ0v) is 24.4. The highest BCUT2D eigenvalue weighted by atomic mass is 19.1. The van der Waals surface area contributed by atoms with E-state index in [4.69, 9.17) is 0 Å². The second-order valence-corrected chi connectivity index (χ2v) is 10.5. The number of H-pyrrole nitrogens is 1. The number of amides is 1. The van der Waals surface area contributed by atoms with Crippen molar-refractivity contribution in [3.05, 3.63) is 57.8 Å². The third-order valence-electron chi connectivity index (χ3n) is 6.89. The molecular weight excluding hydrogens is 564 g/mol. The van der Waals surface area contributed by atoms with Crippen LogP contribution in [-0.2, 0) is 17.9 Å². The van der Waals surface area contributed by atoms with E-state index >= 15 is 0 Å². The van der Waals surface area contributed by atoms with Gasteiger partial charge in [0.05, 0.1) is 23.8 Å². The maximum absolute atomic E-state index is 13.9. The first-order valence-electron chi connectivity index (χ1n) is 13.6. The van der Waals surface area contributed by atoms with Crippen LogP contribution in [0.4, 0.5) is 14.6 Å². The number of hydrogen-bond acceptors (Lipinski definition) is 10. The fraction of sp³-hybridized carbons (Fsp3) is 0.393. The number of nitrogens with one attached hydrogen (secondary N) is 3. The minimum absolute atomic E-state index is 0.0451. The number of hydrogen-bond donors (Lipinski definition) is 4.